The Morgan fingerprint density at radius 3 is 2.87 bits per heavy atom. The molecule has 4 nitrogen and oxygen atoms in total. The molecule has 5 heteroatoms. The highest BCUT2D eigenvalue weighted by atomic mass is 32.1. The van der Waals surface area contributed by atoms with E-state index in [9.17, 15) is 0 Å². The molecular weight excluding hydrogens is 208 g/mol. The second-order valence-electron chi connectivity index (χ2n) is 3.48. The first-order valence-corrected chi connectivity index (χ1v) is 5.74. The summed E-state index contributed by atoms with van der Waals surface area (Å²) in [4.78, 5) is 5.51. The molecule has 0 aliphatic rings. The van der Waals surface area contributed by atoms with Gasteiger partial charge in [0, 0.05) is 29.2 Å². The lowest BCUT2D eigenvalue weighted by molar-refractivity contribution is 0.694. The number of aromatic amines is 1. The molecule has 2 rings (SSSR count). The Balaban J connectivity index is 1.86. The fourth-order valence-corrected chi connectivity index (χ4v) is 2.11. The smallest absolute Gasteiger partial charge is 0.0798 e. The molecule has 0 atom stereocenters. The van der Waals surface area contributed by atoms with E-state index in [1.165, 1.54) is 10.4 Å². The van der Waals surface area contributed by atoms with Crippen LogP contribution in [0.1, 0.15) is 21.8 Å². The van der Waals surface area contributed by atoms with Gasteiger partial charge in [-0.3, -0.25) is 5.10 Å². The molecule has 0 amide bonds. The van der Waals surface area contributed by atoms with Gasteiger partial charge in [0.2, 0.25) is 0 Å². The molecule has 0 fully saturated rings. The fraction of sp³-hybridized carbons (Fsp3) is 0.400. The number of hydrogen-bond donors (Lipinski definition) is 2. The molecule has 0 saturated carbocycles. The summed E-state index contributed by atoms with van der Waals surface area (Å²) in [6, 6.07) is 0. The second kappa shape index (κ2) is 4.55. The summed E-state index contributed by atoms with van der Waals surface area (Å²) in [6.45, 7) is 5.79. The van der Waals surface area contributed by atoms with Crippen LogP contribution in [-0.4, -0.2) is 15.2 Å². The van der Waals surface area contributed by atoms with Crippen molar-refractivity contribution in [2.75, 3.05) is 0 Å². The van der Waals surface area contributed by atoms with E-state index in [-0.39, 0.29) is 0 Å². The lowest BCUT2D eigenvalue weighted by Crippen LogP contribution is -2.12. The third-order valence-electron chi connectivity index (χ3n) is 2.38. The standard InChI is InChI=1S/C10H14N4S/c1-7-9(4-13-14-7)3-11-5-10-8(2)12-6-15-10/h4,6,11H,3,5H2,1-2H3,(H,13,14). The van der Waals surface area contributed by atoms with Crippen LogP contribution in [0.5, 0.6) is 0 Å². The third kappa shape index (κ3) is 2.43. The van der Waals surface area contributed by atoms with Crippen LogP contribution < -0.4 is 5.32 Å². The van der Waals surface area contributed by atoms with Crippen molar-refractivity contribution in [3.8, 4) is 0 Å². The Bertz CT molecular complexity index is 392. The van der Waals surface area contributed by atoms with Gasteiger partial charge in [-0.2, -0.15) is 5.10 Å². The predicted molar refractivity (Wildman–Crippen MR) is 60.7 cm³/mol. The first-order valence-electron chi connectivity index (χ1n) is 4.86. The molecule has 0 aromatic carbocycles. The van der Waals surface area contributed by atoms with Gasteiger partial charge in [-0.1, -0.05) is 0 Å². The topological polar surface area (TPSA) is 53.6 Å². The van der Waals surface area contributed by atoms with Crippen molar-refractivity contribution >= 4 is 11.3 Å². The number of aromatic nitrogens is 3. The summed E-state index contributed by atoms with van der Waals surface area (Å²) in [7, 11) is 0. The first kappa shape index (κ1) is 10.3. The first-order chi connectivity index (χ1) is 7.27. The lowest BCUT2D eigenvalue weighted by Gasteiger charge is -2.02. The molecule has 2 heterocycles. The van der Waals surface area contributed by atoms with Crippen molar-refractivity contribution in [2.45, 2.75) is 26.9 Å². The van der Waals surface area contributed by atoms with Gasteiger partial charge in [-0.15, -0.1) is 11.3 Å². The predicted octanol–water partition coefficient (Wildman–Crippen LogP) is 1.77. The molecule has 2 aromatic rings. The normalized spacial score (nSPS) is 10.8. The largest absolute Gasteiger partial charge is 0.308 e. The quantitative estimate of drug-likeness (QED) is 0.829. The number of rotatable bonds is 4. The van der Waals surface area contributed by atoms with Gasteiger partial charge >= 0.3 is 0 Å². The lowest BCUT2D eigenvalue weighted by atomic mass is 10.2. The maximum absolute atomic E-state index is 4.21. The molecule has 0 bridgehead atoms. The number of thiazole rings is 1. The monoisotopic (exact) mass is 222 g/mol. The maximum atomic E-state index is 4.21. The molecule has 15 heavy (non-hydrogen) atoms. The molecule has 2 N–H and O–H groups in total. The summed E-state index contributed by atoms with van der Waals surface area (Å²) in [5.41, 5.74) is 5.35. The summed E-state index contributed by atoms with van der Waals surface area (Å²) >= 11 is 1.69. The van der Waals surface area contributed by atoms with E-state index in [1.54, 1.807) is 11.3 Å². The van der Waals surface area contributed by atoms with Gasteiger partial charge in [-0.25, -0.2) is 4.98 Å². The van der Waals surface area contributed by atoms with E-state index < -0.39 is 0 Å². The molecule has 0 aliphatic carbocycles. The minimum absolute atomic E-state index is 0.847. The van der Waals surface area contributed by atoms with Crippen molar-refractivity contribution in [1.82, 2.24) is 20.5 Å². The van der Waals surface area contributed by atoms with Gasteiger partial charge in [0.05, 0.1) is 17.4 Å². The van der Waals surface area contributed by atoms with Gasteiger partial charge in [0.25, 0.3) is 0 Å². The molecule has 0 spiro atoms. The number of aryl methyl sites for hydroxylation is 2. The second-order valence-corrected chi connectivity index (χ2v) is 4.42. The van der Waals surface area contributed by atoms with Crippen LogP contribution >= 0.6 is 11.3 Å². The number of nitrogens with one attached hydrogen (secondary N) is 2. The Morgan fingerprint density at radius 1 is 1.40 bits per heavy atom. The van der Waals surface area contributed by atoms with Crippen molar-refractivity contribution in [1.29, 1.82) is 0 Å². The SMILES string of the molecule is Cc1ncsc1CNCc1cn[nH]c1C. The van der Waals surface area contributed by atoms with Crippen molar-refractivity contribution in [2.24, 2.45) is 0 Å². The van der Waals surface area contributed by atoms with Crippen LogP contribution in [0.3, 0.4) is 0 Å². The van der Waals surface area contributed by atoms with Gasteiger partial charge in [0.1, 0.15) is 0 Å². The van der Waals surface area contributed by atoms with Crippen molar-refractivity contribution in [3.63, 3.8) is 0 Å². The Labute approximate surface area is 92.8 Å². The Hall–Kier alpha value is -1.20. The third-order valence-corrected chi connectivity index (χ3v) is 3.32. The fourth-order valence-electron chi connectivity index (χ4n) is 1.36. The van der Waals surface area contributed by atoms with E-state index in [0.29, 0.717) is 0 Å². The van der Waals surface area contributed by atoms with E-state index >= 15 is 0 Å². The zero-order valence-corrected chi connectivity index (χ0v) is 9.69. The molecule has 80 valence electrons. The number of nitrogens with zero attached hydrogens (tertiary/aromatic N) is 2. The maximum Gasteiger partial charge on any atom is 0.0798 e. The van der Waals surface area contributed by atoms with Crippen molar-refractivity contribution in [3.05, 3.63) is 33.5 Å². The number of H-pyrrole nitrogens is 1. The van der Waals surface area contributed by atoms with Gasteiger partial charge in [-0.05, 0) is 13.8 Å². The summed E-state index contributed by atoms with van der Waals surface area (Å²) in [6.07, 6.45) is 1.86. The average molecular weight is 222 g/mol. The summed E-state index contributed by atoms with van der Waals surface area (Å²) in [5.74, 6) is 0. The minimum Gasteiger partial charge on any atom is -0.308 e. The molecule has 0 saturated heterocycles. The zero-order chi connectivity index (χ0) is 10.7. The summed E-state index contributed by atoms with van der Waals surface area (Å²) in [5, 5.41) is 10.3. The highest BCUT2D eigenvalue weighted by Gasteiger charge is 2.02. The Kier molecular flexibility index (Phi) is 3.13. The van der Waals surface area contributed by atoms with Crippen molar-refractivity contribution < 1.29 is 0 Å². The highest BCUT2D eigenvalue weighted by Crippen LogP contribution is 2.11. The summed E-state index contributed by atoms with van der Waals surface area (Å²) < 4.78 is 0. The molecule has 0 aliphatic heterocycles. The van der Waals surface area contributed by atoms with Gasteiger partial charge < -0.3 is 5.32 Å². The van der Waals surface area contributed by atoms with Crippen LogP contribution in [0.4, 0.5) is 0 Å². The van der Waals surface area contributed by atoms with E-state index in [1.807, 2.05) is 25.6 Å². The van der Waals surface area contributed by atoms with Crippen LogP contribution in [0.25, 0.3) is 0 Å². The van der Waals surface area contributed by atoms with E-state index in [0.717, 1.165) is 24.5 Å². The van der Waals surface area contributed by atoms with E-state index in [4.69, 9.17) is 0 Å². The zero-order valence-electron chi connectivity index (χ0n) is 8.87. The Morgan fingerprint density at radius 2 is 2.27 bits per heavy atom. The molecule has 0 radical (unpaired) electrons. The van der Waals surface area contributed by atoms with E-state index in [2.05, 4.69) is 20.5 Å². The van der Waals surface area contributed by atoms with Crippen LogP contribution in [0.2, 0.25) is 0 Å². The van der Waals surface area contributed by atoms with Crippen LogP contribution in [0.15, 0.2) is 11.7 Å². The highest BCUT2D eigenvalue weighted by molar-refractivity contribution is 7.09. The molecular formula is C10H14N4S. The molecule has 2 aromatic heterocycles. The molecule has 0 unspecified atom stereocenters. The van der Waals surface area contributed by atoms with Crippen LogP contribution in [-0.2, 0) is 13.1 Å². The van der Waals surface area contributed by atoms with Crippen LogP contribution in [0, 0.1) is 13.8 Å². The minimum atomic E-state index is 0.847. The average Bonchev–Trinajstić information content (AvgIpc) is 2.78. The van der Waals surface area contributed by atoms with Gasteiger partial charge in [0.15, 0.2) is 0 Å². The number of hydrogen-bond acceptors (Lipinski definition) is 4.